The summed E-state index contributed by atoms with van der Waals surface area (Å²) in [5.74, 6) is 0. The highest BCUT2D eigenvalue weighted by Gasteiger charge is 2.26. The summed E-state index contributed by atoms with van der Waals surface area (Å²) < 4.78 is 36.2. The Morgan fingerprint density at radius 2 is 1.61 bits per heavy atom. The van der Waals surface area contributed by atoms with E-state index in [1.165, 1.54) is 11.1 Å². The summed E-state index contributed by atoms with van der Waals surface area (Å²) in [6, 6.07) is 4.06. The Morgan fingerprint density at radius 3 is 2.17 bits per heavy atom. The maximum atomic E-state index is 12.1. The van der Waals surface area contributed by atoms with Crippen molar-refractivity contribution in [2.24, 2.45) is 0 Å². The third-order valence-corrected chi connectivity index (χ3v) is 3.21. The van der Waals surface area contributed by atoms with Gasteiger partial charge < -0.3 is 5.32 Å². The summed E-state index contributed by atoms with van der Waals surface area (Å²) in [6.45, 7) is 7.89. The van der Waals surface area contributed by atoms with Gasteiger partial charge in [0.1, 0.15) is 0 Å². The number of rotatable bonds is 4. The zero-order valence-corrected chi connectivity index (χ0v) is 11.3. The van der Waals surface area contributed by atoms with Crippen molar-refractivity contribution in [3.8, 4) is 0 Å². The zero-order chi connectivity index (χ0) is 13.9. The van der Waals surface area contributed by atoms with Crippen LogP contribution in [0.15, 0.2) is 12.1 Å². The maximum absolute atomic E-state index is 12.1. The van der Waals surface area contributed by atoms with E-state index >= 15 is 0 Å². The Balaban J connectivity index is 2.67. The highest BCUT2D eigenvalue weighted by molar-refractivity contribution is 5.37. The van der Waals surface area contributed by atoms with Crippen LogP contribution in [0.1, 0.15) is 41.6 Å². The van der Waals surface area contributed by atoms with Crippen molar-refractivity contribution >= 4 is 0 Å². The molecule has 0 radical (unpaired) electrons. The third kappa shape index (κ3) is 4.33. The highest BCUT2D eigenvalue weighted by Crippen LogP contribution is 2.23. The molecular weight excluding hydrogens is 239 g/mol. The van der Waals surface area contributed by atoms with Crippen molar-refractivity contribution in [2.45, 2.75) is 46.3 Å². The number of hydrogen-bond acceptors (Lipinski definition) is 1. The van der Waals surface area contributed by atoms with Crippen LogP contribution < -0.4 is 5.32 Å². The van der Waals surface area contributed by atoms with Gasteiger partial charge in [0.05, 0.1) is 6.42 Å². The van der Waals surface area contributed by atoms with Crippen molar-refractivity contribution < 1.29 is 13.2 Å². The Kier molecular flexibility index (Phi) is 4.79. The second-order valence-electron chi connectivity index (χ2n) is 4.83. The van der Waals surface area contributed by atoms with E-state index in [0.717, 1.165) is 11.1 Å². The highest BCUT2D eigenvalue weighted by atomic mass is 19.4. The molecule has 0 saturated heterocycles. The smallest absolute Gasteiger partial charge is 0.310 e. The lowest BCUT2D eigenvalue weighted by Gasteiger charge is -2.19. The fraction of sp³-hybridized carbons (Fsp3) is 0.571. The minimum atomic E-state index is -4.09. The zero-order valence-electron chi connectivity index (χ0n) is 11.3. The first-order valence-electron chi connectivity index (χ1n) is 6.08. The monoisotopic (exact) mass is 259 g/mol. The van der Waals surface area contributed by atoms with Gasteiger partial charge in [-0.05, 0) is 49.9 Å². The molecule has 0 spiro atoms. The lowest BCUT2D eigenvalue weighted by atomic mass is 9.96. The van der Waals surface area contributed by atoms with E-state index in [2.05, 4.69) is 17.4 Å². The molecular formula is C14H20F3N. The standard InChI is InChI=1S/C14H20F3N/c1-9-7-11(3)13(8-10(9)2)12(4)18-6-5-14(15,16)17/h7-8,12,18H,5-6H2,1-4H3. The van der Waals surface area contributed by atoms with Crippen LogP contribution in [-0.4, -0.2) is 12.7 Å². The third-order valence-electron chi connectivity index (χ3n) is 3.21. The Hall–Kier alpha value is -1.03. The number of halogens is 3. The van der Waals surface area contributed by atoms with Gasteiger partial charge >= 0.3 is 6.18 Å². The second-order valence-corrected chi connectivity index (χ2v) is 4.83. The fourth-order valence-corrected chi connectivity index (χ4v) is 1.99. The minimum Gasteiger partial charge on any atom is -0.310 e. The van der Waals surface area contributed by atoms with Crippen LogP contribution in [0, 0.1) is 20.8 Å². The van der Waals surface area contributed by atoms with Gasteiger partial charge in [-0.2, -0.15) is 13.2 Å². The molecule has 1 aromatic carbocycles. The molecule has 1 aromatic rings. The van der Waals surface area contributed by atoms with Crippen LogP contribution in [0.5, 0.6) is 0 Å². The van der Waals surface area contributed by atoms with Gasteiger partial charge in [0, 0.05) is 12.6 Å². The van der Waals surface area contributed by atoms with Crippen molar-refractivity contribution in [3.63, 3.8) is 0 Å². The van der Waals surface area contributed by atoms with Gasteiger partial charge in [0.25, 0.3) is 0 Å². The predicted molar refractivity (Wildman–Crippen MR) is 67.7 cm³/mol. The maximum Gasteiger partial charge on any atom is 0.390 e. The molecule has 102 valence electrons. The number of nitrogens with one attached hydrogen (secondary N) is 1. The summed E-state index contributed by atoms with van der Waals surface area (Å²) in [4.78, 5) is 0. The van der Waals surface area contributed by atoms with Crippen LogP contribution in [-0.2, 0) is 0 Å². The molecule has 0 aliphatic rings. The average Bonchev–Trinajstić information content (AvgIpc) is 2.21. The molecule has 4 heteroatoms. The number of alkyl halides is 3. The van der Waals surface area contributed by atoms with E-state index < -0.39 is 12.6 Å². The number of benzene rings is 1. The number of hydrogen-bond donors (Lipinski definition) is 1. The molecule has 1 atom stereocenters. The lowest BCUT2D eigenvalue weighted by Crippen LogP contribution is -2.25. The van der Waals surface area contributed by atoms with Gasteiger partial charge in [-0.25, -0.2) is 0 Å². The molecule has 1 rings (SSSR count). The topological polar surface area (TPSA) is 12.0 Å². The fourth-order valence-electron chi connectivity index (χ4n) is 1.99. The summed E-state index contributed by atoms with van der Waals surface area (Å²) in [5.41, 5.74) is 4.56. The molecule has 0 saturated carbocycles. The SMILES string of the molecule is Cc1cc(C)c(C(C)NCCC(F)(F)F)cc1C. The summed E-state index contributed by atoms with van der Waals surface area (Å²) in [6.07, 6.45) is -4.88. The first-order valence-corrected chi connectivity index (χ1v) is 6.08. The molecule has 0 amide bonds. The largest absolute Gasteiger partial charge is 0.390 e. The minimum absolute atomic E-state index is 0.0446. The molecule has 0 bridgehead atoms. The molecule has 0 fully saturated rings. The van der Waals surface area contributed by atoms with Crippen molar-refractivity contribution in [1.29, 1.82) is 0 Å². The molecule has 0 aromatic heterocycles. The second kappa shape index (κ2) is 5.74. The molecule has 0 aliphatic carbocycles. The van der Waals surface area contributed by atoms with Crippen LogP contribution in [0.4, 0.5) is 13.2 Å². The van der Waals surface area contributed by atoms with Crippen LogP contribution >= 0.6 is 0 Å². The van der Waals surface area contributed by atoms with E-state index in [9.17, 15) is 13.2 Å². The Bertz CT molecular complexity index is 410. The summed E-state index contributed by atoms with van der Waals surface area (Å²) >= 11 is 0. The van der Waals surface area contributed by atoms with E-state index in [0.29, 0.717) is 0 Å². The van der Waals surface area contributed by atoms with Gasteiger partial charge in [0.2, 0.25) is 0 Å². The average molecular weight is 259 g/mol. The van der Waals surface area contributed by atoms with Gasteiger partial charge in [0.15, 0.2) is 0 Å². The molecule has 0 aliphatic heterocycles. The quantitative estimate of drug-likeness (QED) is 0.853. The molecule has 0 heterocycles. The van der Waals surface area contributed by atoms with Gasteiger partial charge in [-0.1, -0.05) is 12.1 Å². The van der Waals surface area contributed by atoms with Gasteiger partial charge in [-0.15, -0.1) is 0 Å². The van der Waals surface area contributed by atoms with Crippen molar-refractivity contribution in [2.75, 3.05) is 6.54 Å². The molecule has 1 nitrogen and oxygen atoms in total. The lowest BCUT2D eigenvalue weighted by molar-refractivity contribution is -0.133. The van der Waals surface area contributed by atoms with E-state index in [4.69, 9.17) is 0 Å². The Labute approximate surface area is 106 Å². The summed E-state index contributed by atoms with van der Waals surface area (Å²) in [5, 5.41) is 2.92. The molecule has 1 N–H and O–H groups in total. The van der Waals surface area contributed by atoms with E-state index in [-0.39, 0.29) is 12.6 Å². The first-order chi connectivity index (χ1) is 8.20. The van der Waals surface area contributed by atoms with Crippen molar-refractivity contribution in [3.05, 3.63) is 34.4 Å². The molecule has 18 heavy (non-hydrogen) atoms. The van der Waals surface area contributed by atoms with Crippen LogP contribution in [0.25, 0.3) is 0 Å². The van der Waals surface area contributed by atoms with Crippen molar-refractivity contribution in [1.82, 2.24) is 5.32 Å². The van der Waals surface area contributed by atoms with E-state index in [1.807, 2.05) is 27.7 Å². The molecule has 1 unspecified atom stereocenters. The van der Waals surface area contributed by atoms with E-state index in [1.54, 1.807) is 0 Å². The number of aryl methyl sites for hydroxylation is 3. The normalized spacial score (nSPS) is 13.7. The van der Waals surface area contributed by atoms with Crippen LogP contribution in [0.3, 0.4) is 0 Å². The first kappa shape index (κ1) is 15.0. The van der Waals surface area contributed by atoms with Crippen LogP contribution in [0.2, 0.25) is 0 Å². The summed E-state index contributed by atoms with van der Waals surface area (Å²) in [7, 11) is 0. The van der Waals surface area contributed by atoms with Gasteiger partial charge in [-0.3, -0.25) is 0 Å². The predicted octanol–water partition coefficient (Wildman–Crippen LogP) is 4.21. The Morgan fingerprint density at radius 1 is 1.06 bits per heavy atom.